The van der Waals surface area contributed by atoms with Gasteiger partial charge in [0.25, 0.3) is 0 Å². The monoisotopic (exact) mass is 1120 g/mol. The number of halogens is 3. The predicted octanol–water partition coefficient (Wildman–Crippen LogP) is 5.73. The van der Waals surface area contributed by atoms with Crippen LogP contribution < -0.4 is 20.3 Å². The van der Waals surface area contributed by atoms with Crippen molar-refractivity contribution >= 4 is 67.5 Å². The molecule has 4 aliphatic rings. The zero-order valence-electron chi connectivity index (χ0n) is 44.3. The maximum absolute atomic E-state index is 15.8. The molecule has 10 rings (SSSR count). The van der Waals surface area contributed by atoms with Crippen LogP contribution >= 0.6 is 11.3 Å². The SMILES string of the molecule is Cc1ncsc1-c1ccc(CNC(=O)[C@@H]2C[C@@H](O)CN2C(=O)[C@@H](NC(=O)CN2CC(CN3CCN(c4ccc(-c5cnc6[nH]cc(C(=O)c7c(F)ccc(NS(=O)(=O)N8CC[C@@H](F)C8)c7F)c6c5)cc4)CC3)C2)C(C)(C)C)cc1. The van der Waals surface area contributed by atoms with Gasteiger partial charge in [-0.25, -0.2) is 23.1 Å². The van der Waals surface area contributed by atoms with Gasteiger partial charge in [0, 0.05) is 113 Å². The van der Waals surface area contributed by atoms with Crippen LogP contribution in [-0.2, 0) is 31.1 Å². The summed E-state index contributed by atoms with van der Waals surface area (Å²) in [6, 6.07) is 17.4. The van der Waals surface area contributed by atoms with Gasteiger partial charge < -0.3 is 30.5 Å². The number of nitrogens with one attached hydrogen (secondary N) is 4. The van der Waals surface area contributed by atoms with Crippen LogP contribution in [0.1, 0.15) is 60.8 Å². The van der Waals surface area contributed by atoms with Crippen molar-refractivity contribution in [1.29, 1.82) is 0 Å². The fraction of sp³-hybridized carbons (Fsp3) is 0.429. The molecule has 6 aromatic rings. The van der Waals surface area contributed by atoms with Gasteiger partial charge in [-0.05, 0) is 71.7 Å². The number of pyridine rings is 1. The van der Waals surface area contributed by atoms with Gasteiger partial charge in [0.2, 0.25) is 23.5 Å². The molecule has 4 fully saturated rings. The number of likely N-dealkylation sites (tertiary alicyclic amines) is 2. The number of amides is 3. The number of aromatic nitrogens is 3. The summed E-state index contributed by atoms with van der Waals surface area (Å²) in [5.41, 5.74) is 5.16. The number of aliphatic hydroxyl groups excluding tert-OH is 1. The van der Waals surface area contributed by atoms with Crippen LogP contribution in [0.15, 0.2) is 84.6 Å². The molecule has 0 aliphatic carbocycles. The van der Waals surface area contributed by atoms with E-state index in [1.165, 1.54) is 11.1 Å². The number of fused-ring (bicyclic) bond motifs is 1. The quantitative estimate of drug-likeness (QED) is 0.0693. The molecule has 3 aromatic heterocycles. The number of aromatic amines is 1. The Morgan fingerprint density at radius 3 is 2.28 bits per heavy atom. The number of hydrogen-bond acceptors (Lipinski definition) is 13. The summed E-state index contributed by atoms with van der Waals surface area (Å²) >= 11 is 1.57. The minimum Gasteiger partial charge on any atom is -0.391 e. The van der Waals surface area contributed by atoms with E-state index in [1.807, 2.05) is 86.5 Å². The fourth-order valence-corrected chi connectivity index (χ4v) is 13.0. The number of H-pyrrole nitrogens is 1. The molecule has 418 valence electrons. The van der Waals surface area contributed by atoms with Crippen LogP contribution in [0.2, 0.25) is 0 Å². The summed E-state index contributed by atoms with van der Waals surface area (Å²) in [6.45, 7) is 13.1. The molecule has 0 spiro atoms. The highest BCUT2D eigenvalue weighted by Gasteiger charge is 2.45. The van der Waals surface area contributed by atoms with Crippen molar-refractivity contribution in [3.63, 3.8) is 0 Å². The van der Waals surface area contributed by atoms with Gasteiger partial charge in [-0.2, -0.15) is 12.7 Å². The normalized spacial score (nSPS) is 20.1. The minimum atomic E-state index is -4.37. The number of aryl methyl sites for hydroxylation is 1. The number of β-amino-alcohol motifs (C(OH)–C–C–N with tert-alkyl or cyclic N) is 1. The summed E-state index contributed by atoms with van der Waals surface area (Å²) in [5, 5.41) is 16.9. The zero-order chi connectivity index (χ0) is 55.9. The van der Waals surface area contributed by atoms with Gasteiger partial charge in [-0.15, -0.1) is 11.3 Å². The van der Waals surface area contributed by atoms with Crippen molar-refractivity contribution in [1.82, 2.24) is 44.6 Å². The summed E-state index contributed by atoms with van der Waals surface area (Å²) in [4.78, 5) is 76.0. The number of benzene rings is 3. The molecule has 79 heavy (non-hydrogen) atoms. The van der Waals surface area contributed by atoms with Gasteiger partial charge in [-0.3, -0.25) is 33.7 Å². The number of carbonyl (C=O) groups excluding carboxylic acids is 4. The summed E-state index contributed by atoms with van der Waals surface area (Å²) in [7, 11) is -4.37. The van der Waals surface area contributed by atoms with E-state index in [0.29, 0.717) is 22.5 Å². The Morgan fingerprint density at radius 1 is 0.886 bits per heavy atom. The van der Waals surface area contributed by atoms with Crippen molar-refractivity contribution in [2.75, 3.05) is 81.6 Å². The lowest BCUT2D eigenvalue weighted by Gasteiger charge is -2.44. The first-order valence-corrected chi connectivity index (χ1v) is 28.8. The molecule has 3 aromatic carbocycles. The number of hydrogen-bond donors (Lipinski definition) is 5. The molecular weight excluding hydrogens is 1060 g/mol. The second kappa shape index (κ2) is 22.8. The summed E-state index contributed by atoms with van der Waals surface area (Å²) < 4.78 is 73.3. The Labute approximate surface area is 460 Å². The lowest BCUT2D eigenvalue weighted by atomic mass is 9.85. The highest BCUT2D eigenvalue weighted by Crippen LogP contribution is 2.33. The third-order valence-corrected chi connectivity index (χ3v) is 17.8. The van der Waals surface area contributed by atoms with E-state index in [4.69, 9.17) is 0 Å². The molecule has 23 heteroatoms. The summed E-state index contributed by atoms with van der Waals surface area (Å²) in [5.74, 6) is -4.26. The van der Waals surface area contributed by atoms with Crippen LogP contribution in [0.3, 0.4) is 0 Å². The largest absolute Gasteiger partial charge is 0.391 e. The van der Waals surface area contributed by atoms with Crippen molar-refractivity contribution in [3.05, 3.63) is 119 Å². The molecule has 0 saturated carbocycles. The fourth-order valence-electron chi connectivity index (χ4n) is 11.0. The van der Waals surface area contributed by atoms with Crippen molar-refractivity contribution in [3.8, 4) is 21.6 Å². The smallest absolute Gasteiger partial charge is 0.301 e. The van der Waals surface area contributed by atoms with Gasteiger partial charge in [0.1, 0.15) is 29.7 Å². The van der Waals surface area contributed by atoms with E-state index in [0.717, 1.165) is 95.2 Å². The second-order valence-corrected chi connectivity index (χ2v) is 24.7. The van der Waals surface area contributed by atoms with E-state index >= 15 is 8.78 Å². The Bertz CT molecular complexity index is 3360. The standard InChI is InChI=1S/C56H64F3N11O7S2/c1-33-51(78-32-63-33)37-7-5-34(6-8-37)23-62-54(74)46-22-41(71)30-70(46)55(75)52(56(2,3)4)64-47(72)31-67-27-35(28-67)26-66-17-19-68(20-18-66)40-11-9-36(10-12-40)38-21-42-43(25-61-53(42)60-24-38)50(73)48-44(58)13-14-45(49(48)59)65-79(76,77)69-16-15-39(57)29-69/h5-14,21,24-25,32,35,39,41,46,52,65,71H,15-20,22-23,26-31H2,1-4H3,(H,60,61)(H,62,74)(H,64,72)/t39-,41-,46+,52-/m1/s1. The van der Waals surface area contributed by atoms with Crippen LogP contribution in [0.25, 0.3) is 32.6 Å². The Kier molecular flexibility index (Phi) is 16.0. The first-order valence-electron chi connectivity index (χ1n) is 26.5. The number of anilines is 2. The molecule has 0 bridgehead atoms. The molecule has 0 unspecified atom stereocenters. The van der Waals surface area contributed by atoms with Crippen molar-refractivity contribution < 1.29 is 45.9 Å². The average molecular weight is 1120 g/mol. The third-order valence-electron chi connectivity index (χ3n) is 15.3. The number of nitrogens with zero attached hydrogens (tertiary/aromatic N) is 7. The molecule has 4 saturated heterocycles. The number of piperazine rings is 1. The molecule has 0 radical (unpaired) electrons. The highest BCUT2D eigenvalue weighted by atomic mass is 32.2. The van der Waals surface area contributed by atoms with Gasteiger partial charge >= 0.3 is 10.2 Å². The van der Waals surface area contributed by atoms with E-state index in [-0.39, 0.29) is 56.4 Å². The lowest BCUT2D eigenvalue weighted by Crippen LogP contribution is -2.60. The molecule has 7 heterocycles. The number of thiazole rings is 1. The number of alkyl halides is 1. The molecule has 4 aliphatic heterocycles. The van der Waals surface area contributed by atoms with E-state index < -0.39 is 81.1 Å². The Hall–Kier alpha value is -6.76. The summed E-state index contributed by atoms with van der Waals surface area (Å²) in [6.07, 6.45) is 0.796. The van der Waals surface area contributed by atoms with Gasteiger partial charge in [0.15, 0.2) is 5.82 Å². The predicted molar refractivity (Wildman–Crippen MR) is 295 cm³/mol. The zero-order valence-corrected chi connectivity index (χ0v) is 46.0. The van der Waals surface area contributed by atoms with E-state index in [2.05, 4.69) is 40.3 Å². The maximum atomic E-state index is 15.8. The van der Waals surface area contributed by atoms with Crippen LogP contribution in [0.4, 0.5) is 24.5 Å². The number of carbonyl (C=O) groups is 4. The third kappa shape index (κ3) is 12.2. The van der Waals surface area contributed by atoms with Crippen molar-refractivity contribution in [2.45, 2.75) is 71.4 Å². The molecular formula is C56H64F3N11O7S2. The number of rotatable bonds is 17. The maximum Gasteiger partial charge on any atom is 0.301 e. The molecule has 4 atom stereocenters. The van der Waals surface area contributed by atoms with Crippen LogP contribution in [0.5, 0.6) is 0 Å². The molecule has 5 N–H and O–H groups in total. The minimum absolute atomic E-state index is 0.00557. The van der Waals surface area contributed by atoms with E-state index in [9.17, 15) is 37.1 Å². The van der Waals surface area contributed by atoms with E-state index in [1.54, 1.807) is 23.6 Å². The number of ketones is 1. The van der Waals surface area contributed by atoms with Crippen LogP contribution in [-0.4, -0.2) is 167 Å². The lowest BCUT2D eigenvalue weighted by molar-refractivity contribution is -0.144. The number of aliphatic hydroxyl groups is 1. The molecule has 18 nitrogen and oxygen atoms in total. The first kappa shape index (κ1) is 55.6. The topological polar surface area (TPSA) is 217 Å². The van der Waals surface area contributed by atoms with Crippen LogP contribution in [0, 0.1) is 29.9 Å². The molecule has 3 amide bonds. The Morgan fingerprint density at radius 2 is 1.61 bits per heavy atom. The van der Waals surface area contributed by atoms with Gasteiger partial charge in [-0.1, -0.05) is 57.2 Å². The highest BCUT2D eigenvalue weighted by molar-refractivity contribution is 7.90. The van der Waals surface area contributed by atoms with Crippen molar-refractivity contribution in [2.24, 2.45) is 11.3 Å². The average Bonchev–Trinajstić information content (AvgIpc) is 4.29. The first-order chi connectivity index (χ1) is 37.7. The Balaban J connectivity index is 0.682. The van der Waals surface area contributed by atoms with Gasteiger partial charge in [0.05, 0.1) is 40.0 Å². The second-order valence-electron chi connectivity index (χ2n) is 22.1.